The average Bonchev–Trinajstić information content (AvgIpc) is 3.49. The van der Waals surface area contributed by atoms with Crippen LogP contribution in [0.4, 0.5) is 26.3 Å². The molecule has 14 heteroatoms. The summed E-state index contributed by atoms with van der Waals surface area (Å²) in [5, 5.41) is 17.6. The van der Waals surface area contributed by atoms with Gasteiger partial charge < -0.3 is 10.2 Å². The van der Waals surface area contributed by atoms with Crippen molar-refractivity contribution in [3.63, 3.8) is 0 Å². The molecule has 2 N–H and O–H groups in total. The maximum absolute atomic E-state index is 10.6. The van der Waals surface area contributed by atoms with Crippen molar-refractivity contribution in [1.82, 2.24) is 14.8 Å². The first kappa shape index (κ1) is 30.5. The van der Waals surface area contributed by atoms with Crippen LogP contribution in [0.1, 0.15) is 41.9 Å². The fraction of sp³-hybridized carbons (Fsp3) is 0.522. The lowest BCUT2D eigenvalue weighted by Gasteiger charge is -2.33. The number of alkyl halides is 6. The van der Waals surface area contributed by atoms with E-state index in [2.05, 4.69) is 65.3 Å². The van der Waals surface area contributed by atoms with Crippen LogP contribution in [0.3, 0.4) is 0 Å². The molecule has 0 spiro atoms. The maximum atomic E-state index is 10.6. The number of rotatable bonds is 4. The number of carboxylic acids is 2. The standard InChI is InChI=1S/C19H25N3S.2C2HF3O2/c1-13(2)21(3)19-15-7-5-4-6-14(15)16-10-22(11-17(16)19)12-18-20-8-9-23-18;2*3-2(4,5)1(6)7/h4-9,13,16-17,19H,10-12H2,1-3H3;2*(H,6,7)/t16-,17-,19-;;/m0../s1. The van der Waals surface area contributed by atoms with E-state index in [1.165, 1.54) is 18.1 Å². The number of nitrogens with zero attached hydrogens (tertiary/aromatic N) is 3. The number of aliphatic carboxylic acids is 2. The third-order valence-corrected chi connectivity index (χ3v) is 6.91. The summed E-state index contributed by atoms with van der Waals surface area (Å²) in [4.78, 5) is 27.4. The Morgan fingerprint density at radius 1 is 1.05 bits per heavy atom. The molecule has 1 fully saturated rings. The van der Waals surface area contributed by atoms with E-state index in [0.29, 0.717) is 23.9 Å². The van der Waals surface area contributed by atoms with E-state index in [4.69, 9.17) is 19.8 Å². The van der Waals surface area contributed by atoms with Crippen molar-refractivity contribution < 1.29 is 46.1 Å². The number of hydrogen-bond donors (Lipinski definition) is 2. The Bertz CT molecular complexity index is 1020. The molecule has 4 rings (SSSR count). The van der Waals surface area contributed by atoms with Crippen molar-refractivity contribution in [2.45, 2.75) is 50.7 Å². The van der Waals surface area contributed by atoms with Crippen LogP contribution < -0.4 is 0 Å². The van der Waals surface area contributed by atoms with Gasteiger partial charge in [0.25, 0.3) is 0 Å². The molecule has 7 nitrogen and oxygen atoms in total. The highest BCUT2D eigenvalue weighted by Gasteiger charge is 2.47. The molecular formula is C23H27F6N3O4S. The Morgan fingerprint density at radius 3 is 2.00 bits per heavy atom. The van der Waals surface area contributed by atoms with Crippen LogP contribution >= 0.6 is 11.3 Å². The smallest absolute Gasteiger partial charge is 0.475 e. The Hall–Kier alpha value is -2.71. The Labute approximate surface area is 213 Å². The summed E-state index contributed by atoms with van der Waals surface area (Å²) in [6.07, 6.45) is -8.25. The second kappa shape index (κ2) is 12.2. The summed E-state index contributed by atoms with van der Waals surface area (Å²) in [6.45, 7) is 7.96. The summed E-state index contributed by atoms with van der Waals surface area (Å²) in [5.74, 6) is -4.13. The van der Waals surface area contributed by atoms with E-state index in [1.54, 1.807) is 22.5 Å². The monoisotopic (exact) mass is 555 g/mol. The van der Waals surface area contributed by atoms with E-state index in [0.717, 1.165) is 6.54 Å². The third-order valence-electron chi connectivity index (χ3n) is 6.14. The fourth-order valence-corrected chi connectivity index (χ4v) is 5.06. The molecule has 1 aliphatic carbocycles. The molecule has 206 valence electrons. The van der Waals surface area contributed by atoms with Crippen molar-refractivity contribution in [1.29, 1.82) is 0 Å². The van der Waals surface area contributed by atoms with Gasteiger partial charge in [-0.3, -0.25) is 9.80 Å². The van der Waals surface area contributed by atoms with Gasteiger partial charge >= 0.3 is 24.3 Å². The summed E-state index contributed by atoms with van der Waals surface area (Å²) < 4.78 is 63.5. The number of carbonyl (C=O) groups is 2. The zero-order valence-electron chi connectivity index (χ0n) is 20.1. The predicted octanol–water partition coefficient (Wildman–Crippen LogP) is 5.02. The van der Waals surface area contributed by atoms with Crippen LogP contribution in [0.15, 0.2) is 35.8 Å². The topological polar surface area (TPSA) is 94.0 Å². The van der Waals surface area contributed by atoms with Gasteiger partial charge in [0.05, 0.1) is 6.54 Å². The first-order valence-corrected chi connectivity index (χ1v) is 11.9. The van der Waals surface area contributed by atoms with Crippen LogP contribution in [0.2, 0.25) is 0 Å². The summed E-state index contributed by atoms with van der Waals surface area (Å²) in [7, 11) is 2.29. The minimum Gasteiger partial charge on any atom is -0.475 e. The zero-order chi connectivity index (χ0) is 28.1. The van der Waals surface area contributed by atoms with Crippen molar-refractivity contribution in [2.24, 2.45) is 5.92 Å². The predicted molar refractivity (Wildman–Crippen MR) is 123 cm³/mol. The highest BCUT2D eigenvalue weighted by Crippen LogP contribution is 2.51. The van der Waals surface area contributed by atoms with Crippen molar-refractivity contribution in [2.75, 3.05) is 20.1 Å². The highest BCUT2D eigenvalue weighted by atomic mass is 32.1. The molecule has 0 saturated carbocycles. The quantitative estimate of drug-likeness (QED) is 0.512. The van der Waals surface area contributed by atoms with Crippen LogP contribution in [-0.4, -0.2) is 75.5 Å². The van der Waals surface area contributed by atoms with E-state index in [9.17, 15) is 26.3 Å². The van der Waals surface area contributed by atoms with Gasteiger partial charge in [0.1, 0.15) is 5.01 Å². The average molecular weight is 556 g/mol. The number of hydrogen-bond acceptors (Lipinski definition) is 6. The largest absolute Gasteiger partial charge is 0.490 e. The van der Waals surface area contributed by atoms with Gasteiger partial charge in [0.2, 0.25) is 0 Å². The molecule has 0 radical (unpaired) electrons. The fourth-order valence-electron chi connectivity index (χ4n) is 4.40. The molecule has 2 heterocycles. The van der Waals surface area contributed by atoms with Gasteiger partial charge in [0.15, 0.2) is 0 Å². The van der Waals surface area contributed by atoms with Crippen LogP contribution in [0.25, 0.3) is 0 Å². The van der Waals surface area contributed by atoms with Crippen LogP contribution in [0.5, 0.6) is 0 Å². The lowest BCUT2D eigenvalue weighted by atomic mass is 9.93. The molecule has 0 unspecified atom stereocenters. The first-order chi connectivity index (χ1) is 17.0. The van der Waals surface area contributed by atoms with Gasteiger partial charge in [0, 0.05) is 42.7 Å². The number of thiazole rings is 1. The zero-order valence-corrected chi connectivity index (χ0v) is 20.9. The Kier molecular flexibility index (Phi) is 10.1. The van der Waals surface area contributed by atoms with Gasteiger partial charge in [-0.1, -0.05) is 24.3 Å². The molecular weight excluding hydrogens is 528 g/mol. The van der Waals surface area contributed by atoms with Gasteiger partial charge in [-0.15, -0.1) is 11.3 Å². The van der Waals surface area contributed by atoms with E-state index in [1.807, 2.05) is 6.20 Å². The molecule has 0 amide bonds. The maximum Gasteiger partial charge on any atom is 0.490 e. The summed E-state index contributed by atoms with van der Waals surface area (Å²) in [6, 6.07) is 10.2. The third kappa shape index (κ3) is 8.14. The lowest BCUT2D eigenvalue weighted by molar-refractivity contribution is -0.193. The highest BCUT2D eigenvalue weighted by molar-refractivity contribution is 7.09. The SMILES string of the molecule is CC(C)N(C)[C@H]1c2ccccc2[C@@H]2CN(Cc3nccs3)C[C@@H]21.O=C(O)C(F)(F)F.O=C(O)C(F)(F)F. The van der Waals surface area contributed by atoms with Gasteiger partial charge in [-0.25, -0.2) is 14.6 Å². The lowest BCUT2D eigenvalue weighted by Crippen LogP contribution is -2.35. The number of fused-ring (bicyclic) bond motifs is 3. The van der Waals surface area contributed by atoms with E-state index in [-0.39, 0.29) is 0 Å². The van der Waals surface area contributed by atoms with Gasteiger partial charge in [-0.05, 0) is 37.9 Å². The summed E-state index contributed by atoms with van der Waals surface area (Å²) in [5.41, 5.74) is 3.14. The molecule has 1 aromatic heterocycles. The van der Waals surface area contributed by atoms with Crippen LogP contribution in [-0.2, 0) is 16.1 Å². The Balaban J connectivity index is 0.000000286. The van der Waals surface area contributed by atoms with Crippen molar-refractivity contribution >= 4 is 23.3 Å². The van der Waals surface area contributed by atoms with Gasteiger partial charge in [-0.2, -0.15) is 26.3 Å². The van der Waals surface area contributed by atoms with Crippen LogP contribution in [0, 0.1) is 5.92 Å². The second-order valence-electron chi connectivity index (χ2n) is 8.83. The molecule has 2 aliphatic rings. The minimum atomic E-state index is -5.08. The molecule has 1 saturated heterocycles. The summed E-state index contributed by atoms with van der Waals surface area (Å²) >= 11 is 1.77. The molecule has 2 aromatic rings. The van der Waals surface area contributed by atoms with E-state index < -0.39 is 24.3 Å². The van der Waals surface area contributed by atoms with E-state index >= 15 is 0 Å². The first-order valence-electron chi connectivity index (χ1n) is 11.1. The molecule has 37 heavy (non-hydrogen) atoms. The Morgan fingerprint density at radius 2 is 1.57 bits per heavy atom. The molecule has 1 aromatic carbocycles. The molecule has 0 bridgehead atoms. The number of carboxylic acid groups (broad SMARTS) is 2. The number of benzene rings is 1. The number of halogens is 6. The van der Waals surface area contributed by atoms with Crippen molar-refractivity contribution in [3.05, 3.63) is 52.0 Å². The number of likely N-dealkylation sites (tertiary alicyclic amines) is 1. The number of aromatic nitrogens is 1. The minimum absolute atomic E-state index is 0.553. The second-order valence-corrected chi connectivity index (χ2v) is 9.81. The van der Waals surface area contributed by atoms with Crippen molar-refractivity contribution in [3.8, 4) is 0 Å². The molecule has 3 atom stereocenters. The normalized spacial score (nSPS) is 21.0. The molecule has 1 aliphatic heterocycles.